The van der Waals surface area contributed by atoms with Crippen LogP contribution in [0.25, 0.3) is 0 Å². The maximum absolute atomic E-state index is 10.3. The molecule has 0 radical (unpaired) electrons. The SMILES string of the molecule is CCCCCc1cccc(NCC(=O)[O-])c1. The molecule has 0 aromatic heterocycles. The average Bonchev–Trinajstić information content (AvgIpc) is 2.27. The van der Waals surface area contributed by atoms with Gasteiger partial charge < -0.3 is 15.2 Å². The van der Waals surface area contributed by atoms with Crippen LogP contribution >= 0.6 is 0 Å². The number of hydrogen-bond acceptors (Lipinski definition) is 3. The smallest absolute Gasteiger partial charge is 0.0605 e. The van der Waals surface area contributed by atoms with E-state index in [1.54, 1.807) is 0 Å². The van der Waals surface area contributed by atoms with Crippen molar-refractivity contribution in [2.75, 3.05) is 11.9 Å². The van der Waals surface area contributed by atoms with Crippen molar-refractivity contribution >= 4 is 11.7 Å². The summed E-state index contributed by atoms with van der Waals surface area (Å²) in [5.41, 5.74) is 2.09. The first-order valence-electron chi connectivity index (χ1n) is 5.75. The van der Waals surface area contributed by atoms with E-state index in [1.807, 2.05) is 18.2 Å². The number of carboxylic acid groups (broad SMARTS) is 1. The fourth-order valence-electron chi connectivity index (χ4n) is 1.59. The van der Waals surface area contributed by atoms with Gasteiger partial charge in [-0.3, -0.25) is 0 Å². The van der Waals surface area contributed by atoms with Gasteiger partial charge in [-0.2, -0.15) is 0 Å². The Kier molecular flexibility index (Phi) is 5.40. The van der Waals surface area contributed by atoms with Crippen molar-refractivity contribution in [2.24, 2.45) is 0 Å². The molecule has 0 fully saturated rings. The number of nitrogens with one attached hydrogen (secondary N) is 1. The summed E-state index contributed by atoms with van der Waals surface area (Å²) in [5, 5.41) is 13.1. The minimum Gasteiger partial charge on any atom is -0.548 e. The molecular formula is C13H18NO2-. The first-order valence-corrected chi connectivity index (χ1v) is 5.75. The molecule has 3 heteroatoms. The zero-order valence-electron chi connectivity index (χ0n) is 9.66. The van der Waals surface area contributed by atoms with Gasteiger partial charge in [-0.1, -0.05) is 31.9 Å². The molecule has 0 atom stereocenters. The molecule has 88 valence electrons. The standard InChI is InChI=1S/C13H19NO2/c1-2-3-4-6-11-7-5-8-12(9-11)14-10-13(15)16/h5,7-9,14H,2-4,6,10H2,1H3,(H,15,16)/p-1. The van der Waals surface area contributed by atoms with E-state index in [-0.39, 0.29) is 6.54 Å². The van der Waals surface area contributed by atoms with Crippen LogP contribution in [0.4, 0.5) is 5.69 Å². The fraction of sp³-hybridized carbons (Fsp3) is 0.462. The molecule has 0 aliphatic heterocycles. The Morgan fingerprint density at radius 1 is 1.38 bits per heavy atom. The van der Waals surface area contributed by atoms with Crippen LogP contribution in [0.2, 0.25) is 0 Å². The van der Waals surface area contributed by atoms with E-state index in [1.165, 1.54) is 24.8 Å². The first-order chi connectivity index (χ1) is 7.72. The van der Waals surface area contributed by atoms with E-state index in [9.17, 15) is 9.90 Å². The van der Waals surface area contributed by atoms with Gasteiger partial charge in [-0.05, 0) is 30.5 Å². The number of unbranched alkanes of at least 4 members (excludes halogenated alkanes) is 2. The van der Waals surface area contributed by atoms with E-state index in [0.29, 0.717) is 0 Å². The minimum absolute atomic E-state index is 0.140. The van der Waals surface area contributed by atoms with Gasteiger partial charge in [0.1, 0.15) is 0 Å². The molecule has 1 rings (SSSR count). The van der Waals surface area contributed by atoms with Gasteiger partial charge in [-0.15, -0.1) is 0 Å². The Labute approximate surface area is 96.5 Å². The maximum atomic E-state index is 10.3. The highest BCUT2D eigenvalue weighted by molar-refractivity contribution is 5.70. The van der Waals surface area contributed by atoms with Crippen LogP contribution in [-0.4, -0.2) is 12.5 Å². The van der Waals surface area contributed by atoms with Crippen molar-refractivity contribution in [1.82, 2.24) is 0 Å². The molecule has 0 unspecified atom stereocenters. The highest BCUT2D eigenvalue weighted by atomic mass is 16.4. The second-order valence-electron chi connectivity index (χ2n) is 3.88. The van der Waals surface area contributed by atoms with Crippen LogP contribution in [0, 0.1) is 0 Å². The average molecular weight is 220 g/mol. The molecule has 0 saturated carbocycles. The van der Waals surface area contributed by atoms with Crippen molar-refractivity contribution < 1.29 is 9.90 Å². The number of carboxylic acids is 1. The van der Waals surface area contributed by atoms with Crippen molar-refractivity contribution in [3.8, 4) is 0 Å². The number of hydrogen-bond donors (Lipinski definition) is 1. The van der Waals surface area contributed by atoms with Crippen LogP contribution in [0.1, 0.15) is 31.7 Å². The molecule has 0 heterocycles. The minimum atomic E-state index is -1.09. The zero-order valence-corrected chi connectivity index (χ0v) is 9.66. The second kappa shape index (κ2) is 6.88. The summed E-state index contributed by atoms with van der Waals surface area (Å²) in [5.74, 6) is -1.09. The molecule has 0 amide bonds. The number of benzene rings is 1. The lowest BCUT2D eigenvalue weighted by atomic mass is 10.1. The molecule has 0 saturated heterocycles. The Balaban J connectivity index is 2.46. The monoisotopic (exact) mass is 220 g/mol. The maximum Gasteiger partial charge on any atom is 0.0605 e. The van der Waals surface area contributed by atoms with Crippen LogP contribution in [0.5, 0.6) is 0 Å². The molecule has 1 N–H and O–H groups in total. The number of aryl methyl sites for hydroxylation is 1. The first kappa shape index (κ1) is 12.6. The summed E-state index contributed by atoms with van der Waals surface area (Å²) >= 11 is 0. The van der Waals surface area contributed by atoms with E-state index in [4.69, 9.17) is 0 Å². The third kappa shape index (κ3) is 4.82. The number of rotatable bonds is 7. The number of carbonyl (C=O) groups excluding carboxylic acids is 1. The number of anilines is 1. The van der Waals surface area contributed by atoms with E-state index < -0.39 is 5.97 Å². The largest absolute Gasteiger partial charge is 0.548 e. The number of carbonyl (C=O) groups is 1. The van der Waals surface area contributed by atoms with Crippen molar-refractivity contribution in [1.29, 1.82) is 0 Å². The summed E-state index contributed by atoms with van der Waals surface area (Å²) in [6.07, 6.45) is 4.68. The Bertz CT molecular complexity index is 336. The van der Waals surface area contributed by atoms with Gasteiger partial charge >= 0.3 is 0 Å². The predicted octanol–water partition coefficient (Wildman–Crippen LogP) is 1.58. The molecule has 0 spiro atoms. The lowest BCUT2D eigenvalue weighted by Crippen LogP contribution is -2.30. The second-order valence-corrected chi connectivity index (χ2v) is 3.88. The van der Waals surface area contributed by atoms with Gasteiger partial charge in [0.2, 0.25) is 0 Å². The topological polar surface area (TPSA) is 52.2 Å². The van der Waals surface area contributed by atoms with Gasteiger partial charge in [-0.25, -0.2) is 0 Å². The van der Waals surface area contributed by atoms with Crippen molar-refractivity contribution in [3.05, 3.63) is 29.8 Å². The molecule has 16 heavy (non-hydrogen) atoms. The highest BCUT2D eigenvalue weighted by Crippen LogP contribution is 2.13. The summed E-state index contributed by atoms with van der Waals surface area (Å²) in [4.78, 5) is 10.3. The summed E-state index contributed by atoms with van der Waals surface area (Å²) < 4.78 is 0. The van der Waals surface area contributed by atoms with E-state index >= 15 is 0 Å². The summed E-state index contributed by atoms with van der Waals surface area (Å²) in [7, 11) is 0. The quantitative estimate of drug-likeness (QED) is 0.710. The van der Waals surface area contributed by atoms with E-state index in [2.05, 4.69) is 18.3 Å². The highest BCUT2D eigenvalue weighted by Gasteiger charge is 1.96. The van der Waals surface area contributed by atoms with Crippen LogP contribution in [0.15, 0.2) is 24.3 Å². The number of aliphatic carboxylic acids is 1. The molecule has 3 nitrogen and oxygen atoms in total. The summed E-state index contributed by atoms with van der Waals surface area (Å²) in [6.45, 7) is 2.04. The molecule has 1 aromatic rings. The predicted molar refractivity (Wildman–Crippen MR) is 63.2 cm³/mol. The van der Waals surface area contributed by atoms with Gasteiger partial charge in [0.15, 0.2) is 0 Å². The molecule has 1 aromatic carbocycles. The molecular weight excluding hydrogens is 202 g/mol. The third-order valence-corrected chi connectivity index (χ3v) is 2.43. The van der Waals surface area contributed by atoms with Gasteiger partial charge in [0, 0.05) is 5.69 Å². The summed E-state index contributed by atoms with van der Waals surface area (Å²) in [6, 6.07) is 7.88. The Morgan fingerprint density at radius 3 is 2.88 bits per heavy atom. The fourth-order valence-corrected chi connectivity index (χ4v) is 1.59. The zero-order chi connectivity index (χ0) is 11.8. The Morgan fingerprint density at radius 2 is 2.19 bits per heavy atom. The Hall–Kier alpha value is -1.51. The van der Waals surface area contributed by atoms with Crippen molar-refractivity contribution in [2.45, 2.75) is 32.6 Å². The molecule has 0 aliphatic carbocycles. The van der Waals surface area contributed by atoms with Crippen LogP contribution < -0.4 is 10.4 Å². The third-order valence-electron chi connectivity index (χ3n) is 2.43. The lowest BCUT2D eigenvalue weighted by Gasteiger charge is -2.08. The van der Waals surface area contributed by atoms with E-state index in [0.717, 1.165) is 12.1 Å². The van der Waals surface area contributed by atoms with Gasteiger partial charge in [0.25, 0.3) is 0 Å². The van der Waals surface area contributed by atoms with Gasteiger partial charge in [0.05, 0.1) is 12.5 Å². The lowest BCUT2D eigenvalue weighted by molar-refractivity contribution is -0.302. The normalized spacial score (nSPS) is 10.1. The molecule has 0 bridgehead atoms. The van der Waals surface area contributed by atoms with Crippen LogP contribution in [0.3, 0.4) is 0 Å². The van der Waals surface area contributed by atoms with Crippen LogP contribution in [-0.2, 0) is 11.2 Å². The molecule has 0 aliphatic rings. The van der Waals surface area contributed by atoms with Crippen molar-refractivity contribution in [3.63, 3.8) is 0 Å².